The van der Waals surface area contributed by atoms with Crippen LogP contribution in [0.2, 0.25) is 0 Å². The van der Waals surface area contributed by atoms with Crippen LogP contribution >= 0.6 is 11.3 Å². The van der Waals surface area contributed by atoms with Crippen molar-refractivity contribution < 1.29 is 0 Å². The van der Waals surface area contributed by atoms with E-state index < -0.39 is 0 Å². The zero-order valence-corrected chi connectivity index (χ0v) is 10.4. The Bertz CT molecular complexity index is 435. The van der Waals surface area contributed by atoms with Gasteiger partial charge < -0.3 is 4.90 Å². The van der Waals surface area contributed by atoms with Crippen LogP contribution < -0.4 is 4.90 Å². The van der Waals surface area contributed by atoms with E-state index in [2.05, 4.69) is 34.1 Å². The lowest BCUT2D eigenvalue weighted by molar-refractivity contribution is 0.851. The molecule has 0 aliphatic rings. The molecule has 0 saturated carbocycles. The van der Waals surface area contributed by atoms with E-state index in [4.69, 9.17) is 0 Å². The van der Waals surface area contributed by atoms with E-state index in [1.807, 2.05) is 12.1 Å². The summed E-state index contributed by atoms with van der Waals surface area (Å²) in [7, 11) is 0. The Morgan fingerprint density at radius 2 is 1.88 bits per heavy atom. The van der Waals surface area contributed by atoms with Gasteiger partial charge >= 0.3 is 0 Å². The molecule has 2 aromatic heterocycles. The first kappa shape index (κ1) is 11.1. The zero-order valence-electron chi connectivity index (χ0n) is 9.55. The maximum atomic E-state index is 4.64. The molecule has 0 fully saturated rings. The van der Waals surface area contributed by atoms with Crippen molar-refractivity contribution in [3.63, 3.8) is 0 Å². The normalized spacial score (nSPS) is 10.4. The molecular weight excluding hydrogens is 218 g/mol. The van der Waals surface area contributed by atoms with E-state index in [0.29, 0.717) is 0 Å². The summed E-state index contributed by atoms with van der Waals surface area (Å²) in [5.74, 6) is 1.07. The average Bonchev–Trinajstić information content (AvgIpc) is 2.81. The Balaban J connectivity index is 2.26. The molecule has 4 heteroatoms. The van der Waals surface area contributed by atoms with Gasteiger partial charge in [-0.2, -0.15) is 0 Å². The molecule has 16 heavy (non-hydrogen) atoms. The minimum absolute atomic E-state index is 0.996. The van der Waals surface area contributed by atoms with Crippen molar-refractivity contribution in [3.05, 3.63) is 29.9 Å². The van der Waals surface area contributed by atoms with Crippen LogP contribution in [0.3, 0.4) is 0 Å². The van der Waals surface area contributed by atoms with Gasteiger partial charge in [0.05, 0.1) is 0 Å². The van der Waals surface area contributed by atoms with Crippen LogP contribution in [-0.2, 0) is 0 Å². The van der Waals surface area contributed by atoms with Gasteiger partial charge in [-0.3, -0.25) is 4.98 Å². The second-order valence-electron chi connectivity index (χ2n) is 3.42. The van der Waals surface area contributed by atoms with Gasteiger partial charge in [0.1, 0.15) is 10.8 Å². The minimum atomic E-state index is 0.996. The van der Waals surface area contributed by atoms with Crippen LogP contribution in [0.4, 0.5) is 5.82 Å². The number of hydrogen-bond acceptors (Lipinski definition) is 4. The van der Waals surface area contributed by atoms with Crippen molar-refractivity contribution in [2.24, 2.45) is 0 Å². The fourth-order valence-electron chi connectivity index (χ4n) is 1.59. The molecule has 0 saturated heterocycles. The summed E-state index contributed by atoms with van der Waals surface area (Å²) in [6, 6.07) is 3.98. The molecule has 0 radical (unpaired) electrons. The van der Waals surface area contributed by atoms with Crippen molar-refractivity contribution in [1.82, 2.24) is 9.97 Å². The number of thiazole rings is 1. The highest BCUT2D eigenvalue weighted by atomic mass is 32.1. The fraction of sp³-hybridized carbons (Fsp3) is 0.333. The highest BCUT2D eigenvalue weighted by Gasteiger charge is 2.08. The van der Waals surface area contributed by atoms with Crippen LogP contribution in [0.1, 0.15) is 13.8 Å². The van der Waals surface area contributed by atoms with Gasteiger partial charge in [-0.15, -0.1) is 11.3 Å². The van der Waals surface area contributed by atoms with E-state index in [1.165, 1.54) is 0 Å². The Kier molecular flexibility index (Phi) is 3.51. The molecule has 0 atom stereocenters. The molecule has 2 heterocycles. The van der Waals surface area contributed by atoms with Crippen molar-refractivity contribution in [2.75, 3.05) is 18.0 Å². The van der Waals surface area contributed by atoms with E-state index >= 15 is 0 Å². The van der Waals surface area contributed by atoms with Gasteiger partial charge in [0.15, 0.2) is 0 Å². The van der Waals surface area contributed by atoms with Crippen LogP contribution in [0, 0.1) is 0 Å². The zero-order chi connectivity index (χ0) is 11.4. The van der Waals surface area contributed by atoms with Gasteiger partial charge in [-0.25, -0.2) is 4.98 Å². The van der Waals surface area contributed by atoms with Crippen molar-refractivity contribution in [3.8, 4) is 10.6 Å². The quantitative estimate of drug-likeness (QED) is 0.812. The number of hydrogen-bond donors (Lipinski definition) is 0. The van der Waals surface area contributed by atoms with Crippen LogP contribution in [0.15, 0.2) is 29.9 Å². The first-order valence-corrected chi connectivity index (χ1v) is 6.34. The monoisotopic (exact) mass is 233 g/mol. The molecule has 0 unspecified atom stereocenters. The predicted octanol–water partition coefficient (Wildman–Crippen LogP) is 3.05. The number of pyridine rings is 1. The Morgan fingerprint density at radius 3 is 2.50 bits per heavy atom. The topological polar surface area (TPSA) is 29.0 Å². The number of rotatable bonds is 4. The summed E-state index contributed by atoms with van der Waals surface area (Å²) in [5, 5.41) is 3.17. The molecule has 0 spiro atoms. The molecule has 0 aliphatic heterocycles. The summed E-state index contributed by atoms with van der Waals surface area (Å²) < 4.78 is 0. The molecule has 0 N–H and O–H groups in total. The Hall–Kier alpha value is -1.42. The maximum Gasteiger partial charge on any atom is 0.140 e. The van der Waals surface area contributed by atoms with Gasteiger partial charge in [-0.1, -0.05) is 0 Å². The highest BCUT2D eigenvalue weighted by molar-refractivity contribution is 7.13. The lowest BCUT2D eigenvalue weighted by Crippen LogP contribution is -2.21. The smallest absolute Gasteiger partial charge is 0.140 e. The van der Waals surface area contributed by atoms with Crippen LogP contribution in [0.5, 0.6) is 0 Å². The van der Waals surface area contributed by atoms with Gasteiger partial charge in [-0.05, 0) is 26.0 Å². The second kappa shape index (κ2) is 5.07. The SMILES string of the molecule is CCN(CC)c1csc(-c2ccncc2)n1. The molecule has 2 aromatic rings. The van der Waals surface area contributed by atoms with Crippen molar-refractivity contribution >= 4 is 17.2 Å². The second-order valence-corrected chi connectivity index (χ2v) is 4.28. The summed E-state index contributed by atoms with van der Waals surface area (Å²) >= 11 is 1.68. The lowest BCUT2D eigenvalue weighted by atomic mass is 10.3. The largest absolute Gasteiger partial charge is 0.356 e. The Labute approximate surface area is 99.8 Å². The van der Waals surface area contributed by atoms with Crippen LogP contribution in [0.25, 0.3) is 10.6 Å². The van der Waals surface area contributed by atoms with Gasteiger partial charge in [0.25, 0.3) is 0 Å². The van der Waals surface area contributed by atoms with E-state index in [0.717, 1.165) is 29.5 Å². The number of aromatic nitrogens is 2. The van der Waals surface area contributed by atoms with Gasteiger partial charge in [0, 0.05) is 36.4 Å². The summed E-state index contributed by atoms with van der Waals surface area (Å²) in [6.45, 7) is 6.29. The third kappa shape index (κ3) is 2.22. The lowest BCUT2D eigenvalue weighted by Gasteiger charge is -2.17. The van der Waals surface area contributed by atoms with Crippen molar-refractivity contribution in [2.45, 2.75) is 13.8 Å². The molecule has 0 amide bonds. The third-order valence-corrected chi connectivity index (χ3v) is 3.39. The molecule has 3 nitrogen and oxygen atoms in total. The molecule has 0 aromatic carbocycles. The third-order valence-electron chi connectivity index (χ3n) is 2.51. The average molecular weight is 233 g/mol. The number of anilines is 1. The predicted molar refractivity (Wildman–Crippen MR) is 68.9 cm³/mol. The first-order valence-electron chi connectivity index (χ1n) is 5.46. The van der Waals surface area contributed by atoms with E-state index in [-0.39, 0.29) is 0 Å². The number of nitrogens with zero attached hydrogens (tertiary/aromatic N) is 3. The minimum Gasteiger partial charge on any atom is -0.356 e. The summed E-state index contributed by atoms with van der Waals surface area (Å²) in [6.07, 6.45) is 3.60. The molecule has 0 bridgehead atoms. The standard InChI is InChI=1S/C12H15N3S/c1-3-15(4-2)11-9-16-12(14-11)10-5-7-13-8-6-10/h5-9H,3-4H2,1-2H3. The van der Waals surface area contributed by atoms with E-state index in [9.17, 15) is 0 Å². The molecular formula is C12H15N3S. The summed E-state index contributed by atoms with van der Waals surface area (Å²) in [4.78, 5) is 10.9. The fourth-order valence-corrected chi connectivity index (χ4v) is 2.42. The van der Waals surface area contributed by atoms with E-state index in [1.54, 1.807) is 23.7 Å². The first-order chi connectivity index (χ1) is 7.85. The van der Waals surface area contributed by atoms with Gasteiger partial charge in [0.2, 0.25) is 0 Å². The molecule has 0 aliphatic carbocycles. The highest BCUT2D eigenvalue weighted by Crippen LogP contribution is 2.26. The maximum absolute atomic E-state index is 4.64. The van der Waals surface area contributed by atoms with Crippen LogP contribution in [-0.4, -0.2) is 23.1 Å². The summed E-state index contributed by atoms with van der Waals surface area (Å²) in [5.41, 5.74) is 1.14. The van der Waals surface area contributed by atoms with Crippen molar-refractivity contribution in [1.29, 1.82) is 0 Å². The molecule has 84 valence electrons. The molecule has 2 rings (SSSR count). The Morgan fingerprint density at radius 1 is 1.19 bits per heavy atom.